The minimum atomic E-state index is -3.04. The molecular formula is C19H21N3O. The molecule has 3 aromatic rings. The van der Waals surface area contributed by atoms with Crippen LogP contribution in [0.3, 0.4) is 0 Å². The Bertz CT molecular complexity index is 1360. The standard InChI is InChI=1S/C19H21N3O/c1-13-5-8-15(9-6-13)19-16(11-18(23)21(3)4)22-12-14(2)7-10-17(22)20-19/h5-10,12H,11H2,1-4H3/i2D3,5D,6D,7D,8D,9D,10D,11D2,12D. The average molecular weight is 319 g/mol. The number of nitrogens with zero attached hydrogens (tertiary/aromatic N) is 3. The molecule has 0 N–H and O–H groups in total. The van der Waals surface area contributed by atoms with E-state index in [9.17, 15) is 4.79 Å². The van der Waals surface area contributed by atoms with Gasteiger partial charge in [0.1, 0.15) is 5.65 Å². The lowest BCUT2D eigenvalue weighted by Gasteiger charge is -2.11. The first-order valence-electron chi connectivity index (χ1n) is 12.7. The Balaban J connectivity index is 2.70. The van der Waals surface area contributed by atoms with Gasteiger partial charge in [0, 0.05) is 32.7 Å². The summed E-state index contributed by atoms with van der Waals surface area (Å²) in [6.07, 6.45) is -3.92. The molecule has 0 radical (unpaired) electrons. The molecule has 0 spiro atoms. The number of rotatable bonds is 3. The molecule has 0 bridgehead atoms. The van der Waals surface area contributed by atoms with E-state index < -0.39 is 89.7 Å². The predicted molar refractivity (Wildman–Crippen MR) is 92.5 cm³/mol. The van der Waals surface area contributed by atoms with Crippen molar-refractivity contribution in [1.82, 2.24) is 14.3 Å². The summed E-state index contributed by atoms with van der Waals surface area (Å²) in [4.78, 5) is 17.9. The summed E-state index contributed by atoms with van der Waals surface area (Å²) in [5.41, 5.74) is -3.17. The first kappa shape index (κ1) is 6.48. The largest absolute Gasteiger partial charge is 0.348 e. The van der Waals surface area contributed by atoms with E-state index in [1.54, 1.807) is 0 Å². The second-order valence-corrected chi connectivity index (χ2v) is 5.03. The van der Waals surface area contributed by atoms with Crippen molar-refractivity contribution in [2.24, 2.45) is 0 Å². The lowest BCUT2D eigenvalue weighted by atomic mass is 10.1. The third kappa shape index (κ3) is 2.97. The summed E-state index contributed by atoms with van der Waals surface area (Å²) >= 11 is 0. The Morgan fingerprint density at radius 2 is 1.96 bits per heavy atom. The Morgan fingerprint density at radius 3 is 2.61 bits per heavy atom. The number of aromatic nitrogens is 2. The van der Waals surface area contributed by atoms with Crippen LogP contribution in [0.15, 0.2) is 42.4 Å². The maximum Gasteiger partial charge on any atom is 0.228 e. The molecule has 0 aliphatic heterocycles. The lowest BCUT2D eigenvalue weighted by Crippen LogP contribution is -2.24. The number of likely N-dealkylation sites (N-methyl/N-ethyl adjacent to an activating group) is 1. The Labute approximate surface area is 153 Å². The molecule has 0 atom stereocenters. The van der Waals surface area contributed by atoms with Crippen LogP contribution in [0.1, 0.15) is 33.3 Å². The van der Waals surface area contributed by atoms with Crippen molar-refractivity contribution in [2.45, 2.75) is 20.1 Å². The van der Waals surface area contributed by atoms with E-state index in [0.29, 0.717) is 4.40 Å². The zero-order valence-corrected chi connectivity index (χ0v) is 12.7. The Hall–Kier alpha value is -2.62. The van der Waals surface area contributed by atoms with Crippen LogP contribution in [0.2, 0.25) is 0 Å². The van der Waals surface area contributed by atoms with Crippen molar-refractivity contribution < 1.29 is 21.2 Å². The number of pyridine rings is 1. The maximum atomic E-state index is 12.9. The van der Waals surface area contributed by atoms with Gasteiger partial charge in [-0.1, -0.05) is 35.8 Å². The summed E-state index contributed by atoms with van der Waals surface area (Å²) in [6, 6.07) is -3.68. The molecule has 0 aliphatic carbocycles. The second-order valence-electron chi connectivity index (χ2n) is 5.03. The van der Waals surface area contributed by atoms with Gasteiger partial charge in [-0.25, -0.2) is 4.98 Å². The molecule has 3 rings (SSSR count). The van der Waals surface area contributed by atoms with Crippen molar-refractivity contribution in [2.75, 3.05) is 14.1 Å². The van der Waals surface area contributed by atoms with Crippen LogP contribution < -0.4 is 0 Å². The molecule has 4 heteroatoms. The van der Waals surface area contributed by atoms with Gasteiger partial charge in [0.2, 0.25) is 5.91 Å². The molecule has 0 saturated carbocycles. The first-order chi connectivity index (χ1) is 15.9. The molecular weight excluding hydrogens is 286 g/mol. The highest BCUT2D eigenvalue weighted by Gasteiger charge is 2.18. The highest BCUT2D eigenvalue weighted by molar-refractivity contribution is 5.81. The number of benzene rings is 1. The Morgan fingerprint density at radius 1 is 1.26 bits per heavy atom. The molecule has 4 nitrogen and oxygen atoms in total. The predicted octanol–water partition coefficient (Wildman–Crippen LogP) is 3.25. The van der Waals surface area contributed by atoms with Gasteiger partial charge in [0.25, 0.3) is 0 Å². The van der Waals surface area contributed by atoms with Crippen LogP contribution in [-0.2, 0) is 11.2 Å². The highest BCUT2D eigenvalue weighted by atomic mass is 16.2. The number of imidazole rings is 1. The van der Waals surface area contributed by atoms with Gasteiger partial charge in [-0.15, -0.1) is 0 Å². The van der Waals surface area contributed by atoms with Crippen molar-refractivity contribution in [3.8, 4) is 11.3 Å². The van der Waals surface area contributed by atoms with Gasteiger partial charge in [-0.3, -0.25) is 4.79 Å². The number of amides is 1. The summed E-state index contributed by atoms with van der Waals surface area (Å²) < 4.78 is 99.0. The van der Waals surface area contributed by atoms with E-state index in [1.165, 1.54) is 21.0 Å². The van der Waals surface area contributed by atoms with E-state index in [0.717, 1.165) is 4.90 Å². The number of hydrogen-bond acceptors (Lipinski definition) is 2. The van der Waals surface area contributed by atoms with Crippen LogP contribution in [-0.4, -0.2) is 34.3 Å². The van der Waals surface area contributed by atoms with Gasteiger partial charge < -0.3 is 9.30 Å². The van der Waals surface area contributed by atoms with Gasteiger partial charge in [0.15, 0.2) is 0 Å². The minimum Gasteiger partial charge on any atom is -0.348 e. The van der Waals surface area contributed by atoms with Gasteiger partial charge in [-0.2, -0.15) is 0 Å². The lowest BCUT2D eigenvalue weighted by molar-refractivity contribution is -0.128. The normalized spacial score (nSPS) is 19.6. The van der Waals surface area contributed by atoms with Crippen molar-refractivity contribution in [3.05, 3.63) is 59.2 Å². The van der Waals surface area contributed by atoms with E-state index in [2.05, 4.69) is 4.98 Å². The first-order valence-corrected chi connectivity index (χ1v) is 6.69. The van der Waals surface area contributed by atoms with Gasteiger partial charge >= 0.3 is 0 Å². The van der Waals surface area contributed by atoms with Gasteiger partial charge in [-0.05, 0) is 25.4 Å². The van der Waals surface area contributed by atoms with Crippen molar-refractivity contribution in [3.63, 3.8) is 0 Å². The molecule has 0 fully saturated rings. The molecule has 0 unspecified atom stereocenters. The minimum absolute atomic E-state index is 0.0157. The summed E-state index contributed by atoms with van der Waals surface area (Å²) in [7, 11) is 2.52. The second kappa shape index (κ2) is 5.88. The molecule has 1 amide bonds. The highest BCUT2D eigenvalue weighted by Crippen LogP contribution is 2.26. The zero-order valence-electron chi connectivity index (χ0n) is 24.7. The quantitative estimate of drug-likeness (QED) is 0.743. The smallest absolute Gasteiger partial charge is 0.228 e. The van der Waals surface area contributed by atoms with E-state index in [1.807, 2.05) is 0 Å². The van der Waals surface area contributed by atoms with E-state index >= 15 is 0 Å². The molecule has 2 heterocycles. The molecule has 1 aromatic carbocycles. The average Bonchev–Trinajstić information content (AvgIpc) is 3.15. The fraction of sp³-hybridized carbons (Fsp3) is 0.263. The third-order valence-corrected chi connectivity index (χ3v) is 3.02. The van der Waals surface area contributed by atoms with E-state index in [-0.39, 0.29) is 5.56 Å². The number of fused-ring (bicyclic) bond motifs is 1. The monoisotopic (exact) mass is 319 g/mol. The number of carbonyl (C=O) groups excluding carboxylic acids is 1. The van der Waals surface area contributed by atoms with Crippen LogP contribution in [0.5, 0.6) is 0 Å². The molecule has 0 saturated heterocycles. The third-order valence-electron chi connectivity index (χ3n) is 3.02. The molecule has 2 aromatic heterocycles. The molecule has 0 aliphatic rings. The van der Waals surface area contributed by atoms with Crippen LogP contribution in [0.25, 0.3) is 16.9 Å². The van der Waals surface area contributed by atoms with Gasteiger partial charge in [0.05, 0.1) is 27.4 Å². The maximum absolute atomic E-state index is 12.9. The summed E-state index contributed by atoms with van der Waals surface area (Å²) in [5, 5.41) is 0. The fourth-order valence-corrected chi connectivity index (χ4v) is 1.87. The van der Waals surface area contributed by atoms with Crippen LogP contribution in [0, 0.1) is 13.8 Å². The fourth-order valence-electron chi connectivity index (χ4n) is 1.87. The zero-order chi connectivity index (χ0) is 26.9. The SMILES string of the molecule is [2H]c1c([2H])c(-c2nc3c([2H])c([2H])c(C([2H])([2H])[2H])c([2H])n3c2C([2H])([2H])C(=O)N(C)C)c([2H])c([2H])c1C. The van der Waals surface area contributed by atoms with E-state index in [4.69, 9.17) is 16.4 Å². The summed E-state index contributed by atoms with van der Waals surface area (Å²) in [6.45, 7) is -1.67. The number of carbonyl (C=O) groups is 1. The molecule has 118 valence electrons. The number of hydrogen-bond donors (Lipinski definition) is 0. The molecule has 23 heavy (non-hydrogen) atoms. The van der Waals surface area contributed by atoms with Crippen molar-refractivity contribution in [1.29, 1.82) is 0 Å². The summed E-state index contributed by atoms with van der Waals surface area (Å²) in [5.74, 6) is -1.14. The Kier molecular flexibility index (Phi) is 1.65. The van der Waals surface area contributed by atoms with Crippen molar-refractivity contribution >= 4 is 11.6 Å². The topological polar surface area (TPSA) is 37.6 Å². The van der Waals surface area contributed by atoms with Crippen LogP contribution >= 0.6 is 0 Å². The van der Waals surface area contributed by atoms with Crippen LogP contribution in [0.4, 0.5) is 0 Å².